The number of benzene rings is 10. The summed E-state index contributed by atoms with van der Waals surface area (Å²) >= 11 is 0. The van der Waals surface area contributed by atoms with Crippen molar-refractivity contribution in [2.45, 2.75) is 136 Å². The molecule has 6 fully saturated rings. The molecular weight excluding hydrogens is 1460 g/mol. The average Bonchev–Trinajstić information content (AvgIpc) is 1.45. The van der Waals surface area contributed by atoms with Crippen LogP contribution in [-0.2, 0) is 0 Å². The Hall–Kier alpha value is -12.7. The molecule has 6 saturated carbocycles. The second-order valence-electron chi connectivity index (χ2n) is 35.2. The molecule has 0 amide bonds. The summed E-state index contributed by atoms with van der Waals surface area (Å²) in [6.07, 6.45) is 22.7. The van der Waals surface area contributed by atoms with Gasteiger partial charge in [0.25, 0.3) is 0 Å². The monoisotopic (exact) mass is 1560 g/mol. The topological polar surface area (TPSA) is 74.2 Å². The minimum absolute atomic E-state index is 0.731. The van der Waals surface area contributed by atoms with Gasteiger partial charge in [0.15, 0.2) is 0 Å². The molecule has 5 aromatic heterocycles. The number of aromatic nitrogens is 5. The van der Waals surface area contributed by atoms with Gasteiger partial charge in [0.1, 0.15) is 0 Å². The number of rotatable bonds is 18. The summed E-state index contributed by atoms with van der Waals surface area (Å²) in [6.45, 7) is 12.4. The molecule has 0 saturated heterocycles. The zero-order chi connectivity index (χ0) is 81.2. The molecule has 6 aliphatic rings. The van der Waals surface area contributed by atoms with Gasteiger partial charge in [0.05, 0.1) is 29.0 Å². The number of hydrogen-bond acceptors (Lipinski definition) is 8. The largest absolute Gasteiger partial charge is 0.311 e. The quantitative estimate of drug-likeness (QED) is 0.0841. The molecule has 9 unspecified atom stereocenters. The summed E-state index contributed by atoms with van der Waals surface area (Å²) in [6, 6.07) is 115. The molecule has 8 nitrogen and oxygen atoms in total. The fourth-order valence-electron chi connectivity index (χ4n) is 21.1. The molecule has 120 heavy (non-hydrogen) atoms. The van der Waals surface area contributed by atoms with Gasteiger partial charge < -0.3 is 14.7 Å². The minimum atomic E-state index is 0.731. The Balaban J connectivity index is 0.000000119. The summed E-state index contributed by atoms with van der Waals surface area (Å²) in [7, 11) is 0. The lowest BCUT2D eigenvalue weighted by Crippen LogP contribution is -2.12. The van der Waals surface area contributed by atoms with E-state index in [0.29, 0.717) is 0 Å². The van der Waals surface area contributed by atoms with Crippen molar-refractivity contribution < 1.29 is 0 Å². The number of fused-ring (bicyclic) bond motifs is 6. The minimum Gasteiger partial charge on any atom is -0.311 e. The van der Waals surface area contributed by atoms with Crippen LogP contribution in [0, 0.1) is 77.0 Å². The van der Waals surface area contributed by atoms with Gasteiger partial charge in [-0.05, 0) is 360 Å². The van der Waals surface area contributed by atoms with Gasteiger partial charge >= 0.3 is 0 Å². The molecule has 6 bridgehead atoms. The van der Waals surface area contributed by atoms with Crippen LogP contribution in [0.15, 0.2) is 334 Å². The predicted molar refractivity (Wildman–Crippen MR) is 498 cm³/mol. The van der Waals surface area contributed by atoms with E-state index in [-0.39, 0.29) is 0 Å². The smallest absolute Gasteiger partial charge is 0.0705 e. The lowest BCUT2D eigenvalue weighted by Gasteiger charge is -2.27. The van der Waals surface area contributed by atoms with Crippen LogP contribution in [0.3, 0.4) is 0 Å². The van der Waals surface area contributed by atoms with E-state index in [1.807, 2.05) is 64.5 Å². The van der Waals surface area contributed by atoms with Gasteiger partial charge in [0.2, 0.25) is 0 Å². The van der Waals surface area contributed by atoms with Gasteiger partial charge in [-0.1, -0.05) is 188 Å². The normalized spacial score (nSPS) is 19.6. The first-order chi connectivity index (χ1) is 58.8. The summed E-state index contributed by atoms with van der Waals surface area (Å²) in [5, 5.41) is 0. The third-order valence-corrected chi connectivity index (χ3v) is 27.1. The highest BCUT2D eigenvalue weighted by Crippen LogP contribution is 2.56. The summed E-state index contributed by atoms with van der Waals surface area (Å²) in [5.41, 5.74) is 35.1. The van der Waals surface area contributed by atoms with Crippen molar-refractivity contribution in [3.8, 4) is 67.2 Å². The van der Waals surface area contributed by atoms with Crippen LogP contribution in [0.4, 0.5) is 51.2 Å². The Labute approximate surface area is 709 Å². The van der Waals surface area contributed by atoms with E-state index in [0.717, 1.165) is 138 Å². The Morgan fingerprint density at radius 3 is 0.842 bits per heavy atom. The van der Waals surface area contributed by atoms with Crippen molar-refractivity contribution in [3.63, 3.8) is 0 Å². The third kappa shape index (κ3) is 16.9. The second kappa shape index (κ2) is 34.4. The van der Waals surface area contributed by atoms with Crippen molar-refractivity contribution in [3.05, 3.63) is 385 Å². The van der Waals surface area contributed by atoms with E-state index in [1.54, 1.807) is 0 Å². The van der Waals surface area contributed by atoms with Gasteiger partial charge in [0, 0.05) is 97.4 Å². The first kappa shape index (κ1) is 77.3. The van der Waals surface area contributed by atoms with Crippen molar-refractivity contribution >= 4 is 51.2 Å². The number of hydrogen-bond donors (Lipinski definition) is 0. The molecule has 8 heteroatoms. The highest BCUT2D eigenvalue weighted by Gasteiger charge is 2.42. The van der Waals surface area contributed by atoms with Crippen LogP contribution in [0.2, 0.25) is 0 Å². The Kier molecular flexibility index (Phi) is 22.1. The molecular formula is C112H106N8. The van der Waals surface area contributed by atoms with E-state index >= 15 is 0 Å². The summed E-state index contributed by atoms with van der Waals surface area (Å²) in [4.78, 5) is 30.1. The number of anilines is 9. The van der Waals surface area contributed by atoms with Crippen LogP contribution in [0.25, 0.3) is 67.2 Å². The first-order valence-corrected chi connectivity index (χ1v) is 43.9. The standard InChI is InChI=1S/C39H37N.C37H35N3.C36H34N4/c1-27-5-3-7-33(23-27)30-11-17-36(18-12-30)40(37-19-13-31(14-20-37)34-8-4-6-28(2)24-34)38-21-15-32(16-22-38)39-26-29-9-10-35(39)25-29;1-25-5-3-7-36(38-25)29-13-19-33(20-14-29)40(34-21-15-30(16-22-34)37-8-4-6-26(2)39-37)32-17-11-28(12-18-32)35-24-27-9-10-31(35)23-27;1-24-19-29(15-17-37-24)27-5-9-32(10-6-27)40(34-13-14-36(39-23-34)31-16-18-38-25(2)20-31)33-11-7-28(8-12-33)35-22-26-3-4-30(35)21-26/h3-8,11-24,29,35,39H,9-10,25-26H2,1-2H3;3-8,11-22,27,31,35H,9-10,23-24H2,1-2H3;5-20,23,26,30,35H,3-4,21-22H2,1-2H3. The second-order valence-corrected chi connectivity index (χ2v) is 35.2. The Morgan fingerprint density at radius 2 is 0.533 bits per heavy atom. The zero-order valence-electron chi connectivity index (χ0n) is 70.0. The lowest BCUT2D eigenvalue weighted by atomic mass is 9.83. The first-order valence-electron chi connectivity index (χ1n) is 43.9. The van der Waals surface area contributed by atoms with Gasteiger partial charge in [-0.25, -0.2) is 0 Å². The fourth-order valence-corrected chi connectivity index (χ4v) is 21.1. The maximum atomic E-state index is 4.87. The van der Waals surface area contributed by atoms with Crippen molar-refractivity contribution in [2.24, 2.45) is 35.5 Å². The molecule has 0 spiro atoms. The Bertz CT molecular complexity index is 5180. The summed E-state index contributed by atoms with van der Waals surface area (Å²) in [5.74, 6) is 7.75. The number of pyridine rings is 5. The maximum Gasteiger partial charge on any atom is 0.0705 e. The van der Waals surface area contributed by atoms with Crippen LogP contribution < -0.4 is 14.7 Å². The number of aryl methyl sites for hydroxylation is 6. The molecule has 594 valence electrons. The van der Waals surface area contributed by atoms with Crippen LogP contribution in [0.1, 0.15) is 145 Å². The lowest BCUT2D eigenvalue weighted by molar-refractivity contribution is 0.420. The molecule has 5 heterocycles. The van der Waals surface area contributed by atoms with E-state index in [1.165, 1.54) is 161 Å². The molecule has 0 radical (unpaired) electrons. The Morgan fingerprint density at radius 1 is 0.225 bits per heavy atom. The van der Waals surface area contributed by atoms with E-state index in [4.69, 9.17) is 15.0 Å². The molecule has 0 aliphatic heterocycles. The molecule has 15 aromatic rings. The van der Waals surface area contributed by atoms with Crippen molar-refractivity contribution in [2.75, 3.05) is 14.7 Å². The van der Waals surface area contributed by atoms with Crippen molar-refractivity contribution in [1.29, 1.82) is 0 Å². The highest BCUT2D eigenvalue weighted by atomic mass is 15.2. The highest BCUT2D eigenvalue weighted by molar-refractivity contribution is 5.83. The third-order valence-electron chi connectivity index (χ3n) is 27.1. The summed E-state index contributed by atoms with van der Waals surface area (Å²) < 4.78 is 0. The molecule has 6 aliphatic carbocycles. The van der Waals surface area contributed by atoms with Crippen LogP contribution in [-0.4, -0.2) is 24.9 Å². The molecule has 21 rings (SSSR count). The van der Waals surface area contributed by atoms with Crippen LogP contribution >= 0.6 is 0 Å². The van der Waals surface area contributed by atoms with Crippen molar-refractivity contribution in [1.82, 2.24) is 24.9 Å². The number of nitrogens with zero attached hydrogens (tertiary/aromatic N) is 8. The van der Waals surface area contributed by atoms with Gasteiger partial charge in [-0.3, -0.25) is 24.9 Å². The van der Waals surface area contributed by atoms with Gasteiger partial charge in [-0.2, -0.15) is 0 Å². The van der Waals surface area contributed by atoms with Crippen LogP contribution in [0.5, 0.6) is 0 Å². The zero-order valence-corrected chi connectivity index (χ0v) is 70.0. The average molecular weight is 1560 g/mol. The predicted octanol–water partition coefficient (Wildman–Crippen LogP) is 30.0. The maximum absolute atomic E-state index is 4.87. The SMILES string of the molecule is Cc1cc(-c2ccc(N(c3ccc(C4CC5CCC4C5)cc3)c3ccc(-c4ccnc(C)c4)nc3)cc2)ccn1.Cc1cccc(-c2ccc(N(c3ccc(-c4cccc(C)c4)cc3)c3ccc(C4CC5CCC4C5)cc3)cc2)c1.Cc1cccc(-c2ccc(N(c3ccc(-c4cccc(C)n4)cc3)c3ccc(C4CC5CCC4C5)cc3)cc2)n1. The van der Waals surface area contributed by atoms with Gasteiger partial charge in [-0.15, -0.1) is 0 Å². The van der Waals surface area contributed by atoms with E-state index < -0.39 is 0 Å². The molecule has 10 aromatic carbocycles. The molecule has 9 atom stereocenters. The fraction of sp³-hybridized carbons (Fsp3) is 0.241. The van der Waals surface area contributed by atoms with E-state index in [9.17, 15) is 0 Å². The van der Waals surface area contributed by atoms with E-state index in [2.05, 4.69) is 336 Å². The molecule has 0 N–H and O–H groups in total.